The summed E-state index contributed by atoms with van der Waals surface area (Å²) in [6, 6.07) is 5.31. The summed E-state index contributed by atoms with van der Waals surface area (Å²) in [5.41, 5.74) is 6.92. The molecule has 0 fully saturated rings. The quantitative estimate of drug-likeness (QED) is 0.848. The zero-order valence-electron chi connectivity index (χ0n) is 10.7. The minimum atomic E-state index is -0.655. The average Bonchev–Trinajstić information content (AvgIpc) is 2.30. The van der Waals surface area contributed by atoms with Crippen LogP contribution in [0.5, 0.6) is 0 Å². The summed E-state index contributed by atoms with van der Waals surface area (Å²) in [7, 11) is 5.24. The Kier molecular flexibility index (Phi) is 5.40. The number of methoxy groups -OCH3 is 1. The zero-order chi connectivity index (χ0) is 13.7. The molecule has 0 aliphatic heterocycles. The first-order valence-corrected chi connectivity index (χ1v) is 5.88. The standard InChI is InChI=1S/C12H18ClN3O2/c1-16(2)10-5-4-8(6-9(10)13)15-12(17)11(7-14)18-3/h4-6,11H,7,14H2,1-3H3,(H,15,17). The summed E-state index contributed by atoms with van der Waals surface area (Å²) < 4.78 is 4.95. The number of benzene rings is 1. The molecule has 1 unspecified atom stereocenters. The topological polar surface area (TPSA) is 67.6 Å². The van der Waals surface area contributed by atoms with E-state index in [2.05, 4.69) is 5.32 Å². The van der Waals surface area contributed by atoms with Gasteiger partial charge < -0.3 is 20.7 Å². The van der Waals surface area contributed by atoms with Crippen molar-refractivity contribution in [3.63, 3.8) is 0 Å². The van der Waals surface area contributed by atoms with E-state index in [0.717, 1.165) is 5.69 Å². The molecule has 1 amide bonds. The number of nitrogens with two attached hydrogens (primary N) is 1. The maximum absolute atomic E-state index is 11.7. The molecule has 6 heteroatoms. The van der Waals surface area contributed by atoms with Crippen LogP contribution in [0.15, 0.2) is 18.2 Å². The number of hydrogen-bond donors (Lipinski definition) is 2. The van der Waals surface area contributed by atoms with E-state index in [-0.39, 0.29) is 12.5 Å². The van der Waals surface area contributed by atoms with Crippen LogP contribution < -0.4 is 16.0 Å². The second-order valence-electron chi connectivity index (χ2n) is 4.01. The molecular formula is C12H18ClN3O2. The van der Waals surface area contributed by atoms with Crippen LogP contribution in [0.1, 0.15) is 0 Å². The number of hydrogen-bond acceptors (Lipinski definition) is 4. The van der Waals surface area contributed by atoms with Gasteiger partial charge in [0.05, 0.1) is 10.7 Å². The van der Waals surface area contributed by atoms with Crippen LogP contribution in [0.2, 0.25) is 5.02 Å². The predicted octanol–water partition coefficient (Wildman–Crippen LogP) is 1.32. The lowest BCUT2D eigenvalue weighted by molar-refractivity contribution is -0.125. The summed E-state index contributed by atoms with van der Waals surface area (Å²) in [5.74, 6) is -0.284. The number of halogens is 1. The van der Waals surface area contributed by atoms with Gasteiger partial charge in [-0.1, -0.05) is 11.6 Å². The van der Waals surface area contributed by atoms with Crippen molar-refractivity contribution in [3.8, 4) is 0 Å². The molecule has 0 saturated heterocycles. The molecule has 0 radical (unpaired) electrons. The number of anilines is 2. The molecule has 0 bridgehead atoms. The van der Waals surface area contributed by atoms with Gasteiger partial charge >= 0.3 is 0 Å². The Morgan fingerprint density at radius 1 is 1.56 bits per heavy atom. The Morgan fingerprint density at radius 3 is 2.67 bits per heavy atom. The number of carbonyl (C=O) groups is 1. The van der Waals surface area contributed by atoms with E-state index in [9.17, 15) is 4.79 Å². The highest BCUT2D eigenvalue weighted by Crippen LogP contribution is 2.27. The number of amides is 1. The van der Waals surface area contributed by atoms with E-state index >= 15 is 0 Å². The van der Waals surface area contributed by atoms with Gasteiger partial charge in [0, 0.05) is 33.4 Å². The molecule has 18 heavy (non-hydrogen) atoms. The van der Waals surface area contributed by atoms with Gasteiger partial charge in [-0.3, -0.25) is 4.79 Å². The third-order valence-corrected chi connectivity index (χ3v) is 2.79. The highest BCUT2D eigenvalue weighted by atomic mass is 35.5. The molecule has 1 rings (SSSR count). The summed E-state index contributed by atoms with van der Waals surface area (Å²) in [6.45, 7) is 0.131. The number of rotatable bonds is 5. The van der Waals surface area contributed by atoms with Crippen molar-refractivity contribution in [2.75, 3.05) is 38.0 Å². The van der Waals surface area contributed by atoms with Crippen LogP contribution in [0.3, 0.4) is 0 Å². The van der Waals surface area contributed by atoms with Gasteiger partial charge in [0.25, 0.3) is 5.91 Å². The first-order valence-electron chi connectivity index (χ1n) is 5.50. The summed E-state index contributed by atoms with van der Waals surface area (Å²) in [5, 5.41) is 3.27. The van der Waals surface area contributed by atoms with Crippen molar-refractivity contribution in [1.29, 1.82) is 0 Å². The Hall–Kier alpha value is -1.30. The predicted molar refractivity (Wildman–Crippen MR) is 74.3 cm³/mol. The maximum Gasteiger partial charge on any atom is 0.254 e. The second-order valence-corrected chi connectivity index (χ2v) is 4.42. The molecule has 0 saturated carbocycles. The van der Waals surface area contributed by atoms with Crippen molar-refractivity contribution in [2.24, 2.45) is 5.73 Å². The highest BCUT2D eigenvalue weighted by molar-refractivity contribution is 6.33. The molecular weight excluding hydrogens is 254 g/mol. The van der Waals surface area contributed by atoms with Crippen molar-refractivity contribution in [2.45, 2.75) is 6.10 Å². The van der Waals surface area contributed by atoms with Gasteiger partial charge in [-0.2, -0.15) is 0 Å². The Labute approximate surface area is 112 Å². The number of nitrogens with zero attached hydrogens (tertiary/aromatic N) is 1. The van der Waals surface area contributed by atoms with Crippen molar-refractivity contribution >= 4 is 28.9 Å². The molecule has 1 aromatic rings. The highest BCUT2D eigenvalue weighted by Gasteiger charge is 2.16. The normalized spacial score (nSPS) is 12.1. The molecule has 1 aromatic carbocycles. The van der Waals surface area contributed by atoms with Crippen LogP contribution in [-0.4, -0.2) is 39.8 Å². The SMILES string of the molecule is COC(CN)C(=O)Nc1ccc(N(C)C)c(Cl)c1. The first-order chi connectivity index (χ1) is 8.49. The van der Waals surface area contributed by atoms with E-state index in [4.69, 9.17) is 22.1 Å². The molecule has 0 spiro atoms. The van der Waals surface area contributed by atoms with Gasteiger partial charge in [0.1, 0.15) is 6.10 Å². The van der Waals surface area contributed by atoms with Crippen molar-refractivity contribution in [1.82, 2.24) is 0 Å². The molecule has 1 atom stereocenters. The third-order valence-electron chi connectivity index (χ3n) is 2.49. The average molecular weight is 272 g/mol. The first kappa shape index (κ1) is 14.8. The van der Waals surface area contributed by atoms with Crippen molar-refractivity contribution in [3.05, 3.63) is 23.2 Å². The van der Waals surface area contributed by atoms with E-state index in [1.807, 2.05) is 25.1 Å². The van der Waals surface area contributed by atoms with E-state index in [0.29, 0.717) is 10.7 Å². The largest absolute Gasteiger partial charge is 0.376 e. The molecule has 0 aliphatic carbocycles. The molecule has 5 nitrogen and oxygen atoms in total. The van der Waals surface area contributed by atoms with Gasteiger partial charge in [0.2, 0.25) is 0 Å². The second kappa shape index (κ2) is 6.58. The molecule has 0 heterocycles. The maximum atomic E-state index is 11.7. The van der Waals surface area contributed by atoms with Gasteiger partial charge in [-0.25, -0.2) is 0 Å². The van der Waals surface area contributed by atoms with E-state index in [1.54, 1.807) is 12.1 Å². The minimum Gasteiger partial charge on any atom is -0.376 e. The van der Waals surface area contributed by atoms with E-state index < -0.39 is 6.10 Å². The lowest BCUT2D eigenvalue weighted by Gasteiger charge is -2.17. The van der Waals surface area contributed by atoms with Gasteiger partial charge in [-0.05, 0) is 18.2 Å². The molecule has 100 valence electrons. The summed E-state index contributed by atoms with van der Waals surface area (Å²) in [4.78, 5) is 13.6. The smallest absolute Gasteiger partial charge is 0.254 e. The van der Waals surface area contributed by atoms with Gasteiger partial charge in [-0.15, -0.1) is 0 Å². The fraction of sp³-hybridized carbons (Fsp3) is 0.417. The number of ether oxygens (including phenoxy) is 1. The lowest BCUT2D eigenvalue weighted by atomic mass is 10.2. The lowest BCUT2D eigenvalue weighted by Crippen LogP contribution is -2.35. The summed E-state index contributed by atoms with van der Waals surface area (Å²) >= 11 is 6.11. The molecule has 0 aliphatic rings. The summed E-state index contributed by atoms with van der Waals surface area (Å²) in [6.07, 6.45) is -0.655. The fourth-order valence-corrected chi connectivity index (χ4v) is 1.83. The van der Waals surface area contributed by atoms with E-state index in [1.165, 1.54) is 7.11 Å². The Morgan fingerprint density at radius 2 is 2.22 bits per heavy atom. The number of nitrogens with one attached hydrogen (secondary N) is 1. The zero-order valence-corrected chi connectivity index (χ0v) is 11.5. The van der Waals surface area contributed by atoms with Crippen LogP contribution in [0.25, 0.3) is 0 Å². The van der Waals surface area contributed by atoms with Crippen LogP contribution >= 0.6 is 11.6 Å². The van der Waals surface area contributed by atoms with Gasteiger partial charge in [0.15, 0.2) is 0 Å². The minimum absolute atomic E-state index is 0.131. The van der Waals surface area contributed by atoms with Crippen LogP contribution in [-0.2, 0) is 9.53 Å². The molecule has 0 aromatic heterocycles. The van der Waals surface area contributed by atoms with Crippen molar-refractivity contribution < 1.29 is 9.53 Å². The Balaban J connectivity index is 2.80. The Bertz CT molecular complexity index is 420. The third kappa shape index (κ3) is 3.60. The number of carbonyl (C=O) groups excluding carboxylic acids is 1. The van der Waals surface area contributed by atoms with Crippen LogP contribution in [0, 0.1) is 0 Å². The fourth-order valence-electron chi connectivity index (χ4n) is 1.48. The van der Waals surface area contributed by atoms with Crippen LogP contribution in [0.4, 0.5) is 11.4 Å². The molecule has 3 N–H and O–H groups in total. The monoisotopic (exact) mass is 271 g/mol.